The van der Waals surface area contributed by atoms with E-state index in [9.17, 15) is 0 Å². The van der Waals surface area contributed by atoms with Crippen molar-refractivity contribution in [3.63, 3.8) is 0 Å². The average molecular weight is 203 g/mol. The number of benzene rings is 1. The Labute approximate surface area is 87.7 Å². The van der Waals surface area contributed by atoms with Gasteiger partial charge in [-0.15, -0.1) is 0 Å². The molecule has 0 saturated carbocycles. The number of nitrogens with zero attached hydrogens (tertiary/aromatic N) is 1. The van der Waals surface area contributed by atoms with Crippen molar-refractivity contribution >= 4 is 22.1 Å². The van der Waals surface area contributed by atoms with Crippen molar-refractivity contribution in [2.75, 3.05) is 24.2 Å². The zero-order valence-corrected chi connectivity index (χ0v) is 8.27. The molecule has 1 heterocycles. The van der Waals surface area contributed by atoms with Crippen molar-refractivity contribution in [1.29, 1.82) is 0 Å². The van der Waals surface area contributed by atoms with E-state index in [1.54, 1.807) is 12.4 Å². The predicted molar refractivity (Wildman–Crippen MR) is 61.7 cm³/mol. The van der Waals surface area contributed by atoms with Crippen molar-refractivity contribution < 1.29 is 5.11 Å². The Balaban J connectivity index is 2.51. The van der Waals surface area contributed by atoms with Crippen LogP contribution >= 0.6 is 0 Å². The summed E-state index contributed by atoms with van der Waals surface area (Å²) in [6.45, 7) is 0.625. The molecular weight excluding hydrogens is 190 g/mol. The monoisotopic (exact) mass is 203 g/mol. The number of fused-ring (bicyclic) bond motifs is 1. The fraction of sp³-hybridized carbons (Fsp3) is 0.182. The topological polar surface area (TPSA) is 71.2 Å². The van der Waals surface area contributed by atoms with Crippen LogP contribution in [0.1, 0.15) is 0 Å². The second-order valence-electron chi connectivity index (χ2n) is 3.27. The molecule has 4 heteroatoms. The van der Waals surface area contributed by atoms with Gasteiger partial charge in [0.15, 0.2) is 0 Å². The highest BCUT2D eigenvalue weighted by Gasteiger charge is 2.02. The third kappa shape index (κ3) is 1.85. The molecule has 1 aromatic heterocycles. The van der Waals surface area contributed by atoms with E-state index in [-0.39, 0.29) is 6.61 Å². The second-order valence-corrected chi connectivity index (χ2v) is 3.27. The Kier molecular flexibility index (Phi) is 2.69. The smallest absolute Gasteiger partial charge is 0.0604 e. The van der Waals surface area contributed by atoms with E-state index in [1.165, 1.54) is 0 Å². The number of hydrogen-bond acceptors (Lipinski definition) is 4. The van der Waals surface area contributed by atoms with Crippen LogP contribution in [0, 0.1) is 0 Å². The van der Waals surface area contributed by atoms with Gasteiger partial charge in [-0.3, -0.25) is 4.98 Å². The Morgan fingerprint density at radius 2 is 2.13 bits per heavy atom. The molecule has 0 radical (unpaired) electrons. The summed E-state index contributed by atoms with van der Waals surface area (Å²) in [5.74, 6) is 0. The van der Waals surface area contributed by atoms with Crippen LogP contribution < -0.4 is 11.1 Å². The normalized spacial score (nSPS) is 10.5. The first-order valence-corrected chi connectivity index (χ1v) is 4.80. The molecule has 0 atom stereocenters. The third-order valence-corrected chi connectivity index (χ3v) is 2.28. The van der Waals surface area contributed by atoms with E-state index >= 15 is 0 Å². The highest BCUT2D eigenvalue weighted by Crippen LogP contribution is 2.26. The molecule has 15 heavy (non-hydrogen) atoms. The van der Waals surface area contributed by atoms with Gasteiger partial charge in [-0.25, -0.2) is 0 Å². The van der Waals surface area contributed by atoms with Crippen LogP contribution in [0.15, 0.2) is 30.6 Å². The van der Waals surface area contributed by atoms with Crippen LogP contribution in [0.3, 0.4) is 0 Å². The Hall–Kier alpha value is -1.81. The Morgan fingerprint density at radius 3 is 2.93 bits per heavy atom. The first-order chi connectivity index (χ1) is 7.33. The number of anilines is 2. The molecule has 4 N–H and O–H groups in total. The van der Waals surface area contributed by atoms with Gasteiger partial charge in [-0.05, 0) is 18.2 Å². The molecule has 0 amide bonds. The number of nitrogen functional groups attached to an aromatic ring is 1. The summed E-state index contributed by atoms with van der Waals surface area (Å²) in [5, 5.41) is 13.8. The number of hydrogen-bond donors (Lipinski definition) is 3. The van der Waals surface area contributed by atoms with Gasteiger partial charge in [0.1, 0.15) is 0 Å². The van der Waals surface area contributed by atoms with Gasteiger partial charge in [0.25, 0.3) is 0 Å². The van der Waals surface area contributed by atoms with Gasteiger partial charge < -0.3 is 16.2 Å². The predicted octanol–water partition coefficient (Wildman–Crippen LogP) is 1.22. The lowest BCUT2D eigenvalue weighted by Gasteiger charge is -2.09. The van der Waals surface area contributed by atoms with Gasteiger partial charge in [-0.2, -0.15) is 0 Å². The zero-order chi connectivity index (χ0) is 10.7. The van der Waals surface area contributed by atoms with Crippen LogP contribution in [0.4, 0.5) is 11.4 Å². The number of pyridine rings is 1. The SMILES string of the molecule is Nc1ccc(NCCO)c2cnccc12. The molecule has 2 aromatic rings. The van der Waals surface area contributed by atoms with Crippen LogP contribution in [-0.2, 0) is 0 Å². The van der Waals surface area contributed by atoms with E-state index in [2.05, 4.69) is 10.3 Å². The molecule has 0 bridgehead atoms. The fourth-order valence-corrected chi connectivity index (χ4v) is 1.56. The summed E-state index contributed by atoms with van der Waals surface area (Å²) in [5.41, 5.74) is 7.53. The minimum Gasteiger partial charge on any atom is -0.398 e. The van der Waals surface area contributed by atoms with Gasteiger partial charge in [0, 0.05) is 41.1 Å². The number of aliphatic hydroxyl groups is 1. The molecule has 0 aliphatic rings. The molecule has 2 rings (SSSR count). The molecular formula is C11H13N3O. The van der Waals surface area contributed by atoms with Crippen LogP contribution in [0.2, 0.25) is 0 Å². The molecule has 4 nitrogen and oxygen atoms in total. The summed E-state index contributed by atoms with van der Waals surface area (Å²) in [6.07, 6.45) is 3.49. The number of nitrogens with one attached hydrogen (secondary N) is 1. The second kappa shape index (κ2) is 4.14. The standard InChI is InChI=1S/C11H13N3O/c12-10-1-2-11(14-5-6-15)9-7-13-4-3-8(9)10/h1-4,7,14-15H,5-6,12H2. The van der Waals surface area contributed by atoms with E-state index in [0.717, 1.165) is 22.1 Å². The maximum atomic E-state index is 8.75. The molecule has 0 unspecified atom stereocenters. The van der Waals surface area contributed by atoms with Crippen molar-refractivity contribution in [3.05, 3.63) is 30.6 Å². The summed E-state index contributed by atoms with van der Waals surface area (Å²) in [7, 11) is 0. The molecule has 78 valence electrons. The van der Waals surface area contributed by atoms with Crippen LogP contribution in [0.25, 0.3) is 10.8 Å². The number of aliphatic hydroxyl groups excluding tert-OH is 1. The van der Waals surface area contributed by atoms with Crippen LogP contribution in [0.5, 0.6) is 0 Å². The molecule has 0 fully saturated rings. The molecule has 0 aliphatic carbocycles. The molecule has 1 aromatic carbocycles. The molecule has 0 saturated heterocycles. The highest BCUT2D eigenvalue weighted by atomic mass is 16.3. The largest absolute Gasteiger partial charge is 0.398 e. The van der Waals surface area contributed by atoms with E-state index in [1.807, 2.05) is 18.2 Å². The first kappa shape index (κ1) is 9.73. The minimum atomic E-state index is 0.103. The van der Waals surface area contributed by atoms with E-state index < -0.39 is 0 Å². The summed E-state index contributed by atoms with van der Waals surface area (Å²) >= 11 is 0. The summed E-state index contributed by atoms with van der Waals surface area (Å²) < 4.78 is 0. The van der Waals surface area contributed by atoms with Gasteiger partial charge in [0.05, 0.1) is 6.61 Å². The van der Waals surface area contributed by atoms with E-state index in [4.69, 9.17) is 10.8 Å². The van der Waals surface area contributed by atoms with Gasteiger partial charge >= 0.3 is 0 Å². The minimum absolute atomic E-state index is 0.103. The third-order valence-electron chi connectivity index (χ3n) is 2.28. The quantitative estimate of drug-likeness (QED) is 0.656. The first-order valence-electron chi connectivity index (χ1n) is 4.80. The maximum absolute atomic E-state index is 8.75. The Bertz CT molecular complexity index is 470. The highest BCUT2D eigenvalue weighted by molar-refractivity contribution is 6.00. The lowest BCUT2D eigenvalue weighted by atomic mass is 10.1. The van der Waals surface area contributed by atoms with Crippen LogP contribution in [-0.4, -0.2) is 23.2 Å². The lowest BCUT2D eigenvalue weighted by molar-refractivity contribution is 0.311. The summed E-state index contributed by atoms with van der Waals surface area (Å²) in [6, 6.07) is 5.63. The lowest BCUT2D eigenvalue weighted by Crippen LogP contribution is -2.06. The Morgan fingerprint density at radius 1 is 1.27 bits per heavy atom. The molecule has 0 aliphatic heterocycles. The number of rotatable bonds is 3. The molecule has 0 spiro atoms. The van der Waals surface area contributed by atoms with Crippen molar-refractivity contribution in [1.82, 2.24) is 4.98 Å². The van der Waals surface area contributed by atoms with Gasteiger partial charge in [-0.1, -0.05) is 0 Å². The van der Waals surface area contributed by atoms with Crippen molar-refractivity contribution in [2.24, 2.45) is 0 Å². The maximum Gasteiger partial charge on any atom is 0.0604 e. The number of nitrogens with two attached hydrogens (primary N) is 1. The fourth-order valence-electron chi connectivity index (χ4n) is 1.56. The summed E-state index contributed by atoms with van der Waals surface area (Å²) in [4.78, 5) is 4.06. The van der Waals surface area contributed by atoms with Gasteiger partial charge in [0.2, 0.25) is 0 Å². The number of aromatic nitrogens is 1. The van der Waals surface area contributed by atoms with Crippen molar-refractivity contribution in [2.45, 2.75) is 0 Å². The zero-order valence-electron chi connectivity index (χ0n) is 8.27. The van der Waals surface area contributed by atoms with Crippen molar-refractivity contribution in [3.8, 4) is 0 Å². The average Bonchev–Trinajstić information content (AvgIpc) is 2.29. The van der Waals surface area contributed by atoms with E-state index in [0.29, 0.717) is 6.54 Å².